The molecule has 0 heterocycles. The van der Waals surface area contributed by atoms with E-state index >= 15 is 0 Å². The number of hydrogen-bond acceptors (Lipinski definition) is 3. The minimum atomic E-state index is -0.125. The Morgan fingerprint density at radius 1 is 1.14 bits per heavy atom. The molecule has 0 unspecified atom stereocenters. The third-order valence-corrected chi connectivity index (χ3v) is 2.14. The van der Waals surface area contributed by atoms with Gasteiger partial charge in [-0.2, -0.15) is 0 Å². The molecule has 0 aliphatic rings. The third kappa shape index (κ3) is 2.75. The van der Waals surface area contributed by atoms with E-state index in [0.717, 1.165) is 0 Å². The zero-order valence-corrected chi connectivity index (χ0v) is 8.85. The first-order valence-electron chi connectivity index (χ1n) is 4.01. The van der Waals surface area contributed by atoms with Crippen molar-refractivity contribution in [2.24, 2.45) is 0 Å². The second kappa shape index (κ2) is 5.41. The summed E-state index contributed by atoms with van der Waals surface area (Å²) in [4.78, 5) is 0. The highest BCUT2D eigenvalue weighted by atomic mass is 35.5. The van der Waals surface area contributed by atoms with Gasteiger partial charge < -0.3 is 14.9 Å². The molecule has 0 saturated carbocycles. The first kappa shape index (κ1) is 11.6. The molecule has 0 amide bonds. The Bertz CT molecular complexity index is 292. The van der Waals surface area contributed by atoms with Gasteiger partial charge in [-0.1, -0.05) is 23.2 Å². The summed E-state index contributed by atoms with van der Waals surface area (Å²) < 4.78 is 5.12. The van der Waals surface area contributed by atoms with Crippen molar-refractivity contribution >= 4 is 23.2 Å². The lowest BCUT2D eigenvalue weighted by molar-refractivity contribution is 0.201. The van der Waals surface area contributed by atoms with E-state index in [1.165, 1.54) is 0 Å². The van der Waals surface area contributed by atoms with Crippen LogP contribution in [0.1, 0.15) is 5.56 Å². The van der Waals surface area contributed by atoms with Crippen molar-refractivity contribution in [1.29, 1.82) is 0 Å². The van der Waals surface area contributed by atoms with Gasteiger partial charge in [-0.3, -0.25) is 0 Å². The number of benzene rings is 1. The van der Waals surface area contributed by atoms with Crippen LogP contribution in [0, 0.1) is 0 Å². The normalized spacial score (nSPS) is 10.3. The van der Waals surface area contributed by atoms with Crippen LogP contribution in [0.5, 0.6) is 5.75 Å². The van der Waals surface area contributed by atoms with Gasteiger partial charge in [0.05, 0.1) is 23.3 Å². The molecule has 0 radical (unpaired) electrons. The Labute approximate surface area is 91.8 Å². The molecule has 2 N–H and O–H groups in total. The molecule has 0 aliphatic heterocycles. The van der Waals surface area contributed by atoms with Crippen molar-refractivity contribution in [2.45, 2.75) is 6.61 Å². The van der Waals surface area contributed by atoms with E-state index in [9.17, 15) is 0 Å². The van der Waals surface area contributed by atoms with Crippen LogP contribution in [0.3, 0.4) is 0 Å². The standard InChI is InChI=1S/C9H10Cl2O3/c10-7-3-6(5-13)4-8(11)9(7)14-2-1-12/h3-4,12-13H,1-2,5H2. The van der Waals surface area contributed by atoms with E-state index in [0.29, 0.717) is 21.4 Å². The molecule has 1 aromatic carbocycles. The summed E-state index contributed by atoms with van der Waals surface area (Å²) >= 11 is 11.7. The number of ether oxygens (including phenoxy) is 1. The van der Waals surface area contributed by atoms with Crippen LogP contribution in [0.25, 0.3) is 0 Å². The summed E-state index contributed by atoms with van der Waals surface area (Å²) in [5, 5.41) is 18.1. The van der Waals surface area contributed by atoms with Gasteiger partial charge in [0.1, 0.15) is 6.61 Å². The molecule has 0 atom stereocenters. The highest BCUT2D eigenvalue weighted by Crippen LogP contribution is 2.34. The van der Waals surface area contributed by atoms with Crippen molar-refractivity contribution in [3.63, 3.8) is 0 Å². The van der Waals surface area contributed by atoms with Gasteiger partial charge in [-0.05, 0) is 17.7 Å². The molecular formula is C9H10Cl2O3. The summed E-state index contributed by atoms with van der Waals surface area (Å²) in [6.45, 7) is -0.0912. The molecule has 0 spiro atoms. The number of hydrogen-bond donors (Lipinski definition) is 2. The summed E-state index contributed by atoms with van der Waals surface area (Å²) in [7, 11) is 0. The van der Waals surface area contributed by atoms with Gasteiger partial charge in [0.25, 0.3) is 0 Å². The predicted molar refractivity (Wildman–Crippen MR) is 55.0 cm³/mol. The van der Waals surface area contributed by atoms with Gasteiger partial charge in [0, 0.05) is 0 Å². The molecule has 1 rings (SSSR count). The van der Waals surface area contributed by atoms with Crippen molar-refractivity contribution < 1.29 is 14.9 Å². The van der Waals surface area contributed by atoms with Gasteiger partial charge in [0.2, 0.25) is 0 Å². The van der Waals surface area contributed by atoms with E-state index < -0.39 is 0 Å². The second-order valence-corrected chi connectivity index (χ2v) is 3.43. The molecule has 0 aromatic heterocycles. The van der Waals surface area contributed by atoms with E-state index in [2.05, 4.69) is 0 Å². The number of aliphatic hydroxyl groups is 2. The molecule has 5 heteroatoms. The maximum Gasteiger partial charge on any atom is 0.156 e. The molecule has 3 nitrogen and oxygen atoms in total. The van der Waals surface area contributed by atoms with E-state index in [-0.39, 0.29) is 19.8 Å². The SMILES string of the molecule is OCCOc1c(Cl)cc(CO)cc1Cl. The van der Waals surface area contributed by atoms with Crippen LogP contribution < -0.4 is 4.74 Å². The zero-order valence-electron chi connectivity index (χ0n) is 7.33. The maximum absolute atomic E-state index is 8.86. The molecule has 1 aromatic rings. The van der Waals surface area contributed by atoms with Crippen LogP contribution in [-0.2, 0) is 6.61 Å². The van der Waals surface area contributed by atoms with E-state index in [1.807, 2.05) is 0 Å². The highest BCUT2D eigenvalue weighted by Gasteiger charge is 2.08. The molecule has 0 bridgehead atoms. The third-order valence-electron chi connectivity index (χ3n) is 1.58. The van der Waals surface area contributed by atoms with Gasteiger partial charge in [0.15, 0.2) is 5.75 Å². The maximum atomic E-state index is 8.86. The average Bonchev–Trinajstić information content (AvgIpc) is 2.16. The summed E-state index contributed by atoms with van der Waals surface area (Å²) in [6.07, 6.45) is 0. The van der Waals surface area contributed by atoms with E-state index in [4.69, 9.17) is 38.2 Å². The molecule has 0 fully saturated rings. The molecule has 14 heavy (non-hydrogen) atoms. The lowest BCUT2D eigenvalue weighted by Crippen LogP contribution is -2.02. The minimum Gasteiger partial charge on any atom is -0.488 e. The zero-order chi connectivity index (χ0) is 10.6. The first-order valence-corrected chi connectivity index (χ1v) is 4.77. The summed E-state index contributed by atoms with van der Waals surface area (Å²) in [5.74, 6) is 0.333. The van der Waals surface area contributed by atoms with Crippen molar-refractivity contribution in [3.8, 4) is 5.75 Å². The number of aliphatic hydroxyl groups excluding tert-OH is 2. The molecule has 0 saturated heterocycles. The summed E-state index contributed by atoms with van der Waals surface area (Å²) in [6, 6.07) is 3.14. The van der Waals surface area contributed by atoms with Gasteiger partial charge >= 0.3 is 0 Å². The van der Waals surface area contributed by atoms with Crippen molar-refractivity contribution in [2.75, 3.05) is 13.2 Å². The van der Waals surface area contributed by atoms with Crippen LogP contribution in [-0.4, -0.2) is 23.4 Å². The van der Waals surface area contributed by atoms with Crippen LogP contribution in [0.2, 0.25) is 10.0 Å². The van der Waals surface area contributed by atoms with Crippen molar-refractivity contribution in [3.05, 3.63) is 27.7 Å². The largest absolute Gasteiger partial charge is 0.488 e. The van der Waals surface area contributed by atoms with E-state index in [1.54, 1.807) is 12.1 Å². The Morgan fingerprint density at radius 3 is 2.14 bits per heavy atom. The van der Waals surface area contributed by atoms with Crippen LogP contribution in [0.15, 0.2) is 12.1 Å². The Kier molecular flexibility index (Phi) is 4.48. The smallest absolute Gasteiger partial charge is 0.156 e. The van der Waals surface area contributed by atoms with Crippen molar-refractivity contribution in [1.82, 2.24) is 0 Å². The topological polar surface area (TPSA) is 49.7 Å². The molecular weight excluding hydrogens is 227 g/mol. The van der Waals surface area contributed by atoms with Gasteiger partial charge in [-0.25, -0.2) is 0 Å². The van der Waals surface area contributed by atoms with Gasteiger partial charge in [-0.15, -0.1) is 0 Å². The Morgan fingerprint density at radius 2 is 1.71 bits per heavy atom. The Balaban J connectivity index is 2.93. The summed E-state index contributed by atoms with van der Waals surface area (Å²) in [5.41, 5.74) is 0.622. The fraction of sp³-hybridized carbons (Fsp3) is 0.333. The minimum absolute atomic E-state index is 0.103. The fourth-order valence-electron chi connectivity index (χ4n) is 0.989. The lowest BCUT2D eigenvalue weighted by atomic mass is 10.2. The second-order valence-electron chi connectivity index (χ2n) is 2.62. The monoisotopic (exact) mass is 236 g/mol. The number of rotatable bonds is 4. The fourth-order valence-corrected chi connectivity index (χ4v) is 1.63. The predicted octanol–water partition coefficient (Wildman–Crippen LogP) is 1.86. The van der Waals surface area contributed by atoms with Crippen LogP contribution in [0.4, 0.5) is 0 Å². The molecule has 0 aliphatic carbocycles. The molecule has 78 valence electrons. The first-order chi connectivity index (χ1) is 6.69. The Hall–Kier alpha value is -0.480. The quantitative estimate of drug-likeness (QED) is 0.840. The lowest BCUT2D eigenvalue weighted by Gasteiger charge is -2.09. The van der Waals surface area contributed by atoms with Crippen LogP contribution >= 0.6 is 23.2 Å². The number of halogens is 2. The highest BCUT2D eigenvalue weighted by molar-refractivity contribution is 6.37. The average molecular weight is 237 g/mol.